The third-order valence-corrected chi connectivity index (χ3v) is 3.44. The van der Waals surface area contributed by atoms with E-state index in [-0.39, 0.29) is 17.3 Å². The van der Waals surface area contributed by atoms with Gasteiger partial charge in [-0.05, 0) is 25.7 Å². The summed E-state index contributed by atoms with van der Waals surface area (Å²) in [5, 5.41) is 4.61. The third kappa shape index (κ3) is 4.73. The molecule has 1 aromatic heterocycles. The Morgan fingerprint density at radius 3 is 2.76 bits per heavy atom. The predicted molar refractivity (Wildman–Crippen MR) is 70.4 cm³/mol. The average Bonchev–Trinajstić information content (AvgIpc) is 2.56. The molecule has 0 aliphatic rings. The lowest BCUT2D eigenvalue weighted by Crippen LogP contribution is -2.31. The number of carbonyl (C=O) groups is 1. The molecule has 0 aliphatic heterocycles. The van der Waals surface area contributed by atoms with Crippen LogP contribution in [0.4, 0.5) is 0 Å². The fraction of sp³-hybridized carbons (Fsp3) is 0.667. The maximum Gasteiger partial charge on any atom is 0.307 e. The van der Waals surface area contributed by atoms with E-state index in [9.17, 15) is 9.59 Å². The van der Waals surface area contributed by atoms with Crippen LogP contribution < -0.4 is 10.2 Å². The van der Waals surface area contributed by atoms with Crippen molar-refractivity contribution in [1.29, 1.82) is 0 Å². The van der Waals surface area contributed by atoms with E-state index >= 15 is 0 Å². The second-order valence-electron chi connectivity index (χ2n) is 4.62. The van der Waals surface area contributed by atoms with Gasteiger partial charge < -0.3 is 5.32 Å². The van der Waals surface area contributed by atoms with Crippen LogP contribution in [-0.4, -0.2) is 17.0 Å². The maximum atomic E-state index is 11.6. The largest absolute Gasteiger partial charge is 0.355 e. The predicted octanol–water partition coefficient (Wildman–Crippen LogP) is 1.77. The number of nitrogens with zero attached hydrogens (tertiary/aromatic N) is 1. The van der Waals surface area contributed by atoms with Gasteiger partial charge in [0.15, 0.2) is 0 Å². The molecule has 5 heteroatoms. The molecule has 0 bridgehead atoms. The molecule has 0 spiro atoms. The average molecular weight is 256 g/mol. The van der Waals surface area contributed by atoms with Gasteiger partial charge in [0.05, 0.1) is 0 Å². The number of aromatic nitrogens is 1. The molecule has 1 amide bonds. The summed E-state index contributed by atoms with van der Waals surface area (Å²) in [6, 6.07) is 0. The molecule has 96 valence electrons. The highest BCUT2D eigenvalue weighted by Gasteiger charge is 2.07. The zero-order valence-corrected chi connectivity index (χ0v) is 11.5. The minimum atomic E-state index is -0.0858. The lowest BCUT2D eigenvalue weighted by molar-refractivity contribution is -0.121. The summed E-state index contributed by atoms with van der Waals surface area (Å²) in [5.41, 5.74) is 0.845. The number of nitrogens with one attached hydrogen (secondary N) is 1. The highest BCUT2D eigenvalue weighted by molar-refractivity contribution is 7.07. The lowest BCUT2D eigenvalue weighted by atomic mass is 10.1. The van der Waals surface area contributed by atoms with Crippen molar-refractivity contribution in [2.24, 2.45) is 5.92 Å². The smallest absolute Gasteiger partial charge is 0.307 e. The number of aryl methyl sites for hydroxylation is 1. The first-order valence-electron chi connectivity index (χ1n) is 5.92. The molecule has 0 aliphatic carbocycles. The maximum absolute atomic E-state index is 11.6. The number of hydrogen-bond acceptors (Lipinski definition) is 3. The molecule has 1 rings (SSSR count). The summed E-state index contributed by atoms with van der Waals surface area (Å²) >= 11 is 1.13. The Labute approximate surface area is 106 Å². The van der Waals surface area contributed by atoms with Gasteiger partial charge in [0.25, 0.3) is 0 Å². The molecule has 0 atom stereocenters. The van der Waals surface area contributed by atoms with E-state index in [2.05, 4.69) is 19.2 Å². The number of carbonyl (C=O) groups excluding carboxylic acids is 1. The molecule has 0 unspecified atom stereocenters. The van der Waals surface area contributed by atoms with Crippen molar-refractivity contribution in [3.8, 4) is 0 Å². The molecule has 1 N–H and O–H groups in total. The first kappa shape index (κ1) is 14.0. The standard InChI is InChI=1S/C12H20N2O2S/c1-9(2)5-4-6-13-11(15)7-14-10(3)8-17-12(14)16/h8-9H,4-7H2,1-3H3,(H,13,15). The molecule has 17 heavy (non-hydrogen) atoms. The second-order valence-corrected chi connectivity index (χ2v) is 5.44. The Hall–Kier alpha value is -1.10. The first-order chi connectivity index (χ1) is 8.00. The molecule has 4 nitrogen and oxygen atoms in total. The van der Waals surface area contributed by atoms with E-state index < -0.39 is 0 Å². The van der Waals surface area contributed by atoms with Crippen LogP contribution in [-0.2, 0) is 11.3 Å². The minimum absolute atomic E-state index is 0.0696. The van der Waals surface area contributed by atoms with Crippen LogP contribution in [0, 0.1) is 12.8 Å². The SMILES string of the molecule is Cc1csc(=O)n1CC(=O)NCCCC(C)C. The van der Waals surface area contributed by atoms with Crippen molar-refractivity contribution in [2.75, 3.05) is 6.54 Å². The minimum Gasteiger partial charge on any atom is -0.355 e. The fourth-order valence-corrected chi connectivity index (χ4v) is 2.27. The normalized spacial score (nSPS) is 10.8. The highest BCUT2D eigenvalue weighted by atomic mass is 32.1. The van der Waals surface area contributed by atoms with Crippen molar-refractivity contribution in [3.63, 3.8) is 0 Å². The summed E-state index contributed by atoms with van der Waals surface area (Å²) in [6.07, 6.45) is 2.10. The Bertz CT molecular complexity index is 420. The van der Waals surface area contributed by atoms with Crippen LogP contribution in [0.1, 0.15) is 32.4 Å². The van der Waals surface area contributed by atoms with Crippen molar-refractivity contribution in [1.82, 2.24) is 9.88 Å². The quantitative estimate of drug-likeness (QED) is 0.789. The van der Waals surface area contributed by atoms with Gasteiger partial charge in [0, 0.05) is 17.6 Å². The molecule has 0 saturated carbocycles. The van der Waals surface area contributed by atoms with Gasteiger partial charge in [-0.25, -0.2) is 0 Å². The third-order valence-electron chi connectivity index (χ3n) is 2.56. The Balaban J connectivity index is 2.33. The van der Waals surface area contributed by atoms with Crippen LogP contribution in [0.5, 0.6) is 0 Å². The van der Waals surface area contributed by atoms with Crippen molar-refractivity contribution in [2.45, 2.75) is 40.2 Å². The number of amides is 1. The summed E-state index contributed by atoms with van der Waals surface area (Å²) in [7, 11) is 0. The molecule has 1 heterocycles. The zero-order valence-electron chi connectivity index (χ0n) is 10.7. The summed E-state index contributed by atoms with van der Waals surface area (Å²) < 4.78 is 1.50. The Morgan fingerprint density at radius 1 is 1.53 bits per heavy atom. The monoisotopic (exact) mass is 256 g/mol. The Kier molecular flexibility index (Phi) is 5.41. The van der Waals surface area contributed by atoms with E-state index in [1.165, 1.54) is 4.57 Å². The fourth-order valence-electron chi connectivity index (χ4n) is 1.53. The van der Waals surface area contributed by atoms with Gasteiger partial charge >= 0.3 is 4.87 Å². The summed E-state index contributed by atoms with van der Waals surface area (Å²) in [4.78, 5) is 22.9. The molecule has 0 saturated heterocycles. The molecule has 0 fully saturated rings. The van der Waals surface area contributed by atoms with Gasteiger partial charge in [0.2, 0.25) is 5.91 Å². The van der Waals surface area contributed by atoms with Crippen molar-refractivity contribution < 1.29 is 4.79 Å². The van der Waals surface area contributed by atoms with Crippen LogP contribution in [0.15, 0.2) is 10.2 Å². The van der Waals surface area contributed by atoms with Gasteiger partial charge in [-0.15, -0.1) is 0 Å². The van der Waals surface area contributed by atoms with E-state index in [0.717, 1.165) is 29.9 Å². The molecule has 0 radical (unpaired) electrons. The van der Waals surface area contributed by atoms with Gasteiger partial charge in [0.1, 0.15) is 6.54 Å². The first-order valence-corrected chi connectivity index (χ1v) is 6.80. The van der Waals surface area contributed by atoms with E-state index in [0.29, 0.717) is 12.5 Å². The van der Waals surface area contributed by atoms with E-state index in [4.69, 9.17) is 0 Å². The molecular weight excluding hydrogens is 236 g/mol. The molecule has 0 aromatic carbocycles. The van der Waals surface area contributed by atoms with E-state index in [1.54, 1.807) is 5.38 Å². The topological polar surface area (TPSA) is 51.1 Å². The number of hydrogen-bond donors (Lipinski definition) is 1. The van der Waals surface area contributed by atoms with Gasteiger partial charge in [-0.2, -0.15) is 0 Å². The van der Waals surface area contributed by atoms with E-state index in [1.807, 2.05) is 6.92 Å². The van der Waals surface area contributed by atoms with Crippen LogP contribution in [0.3, 0.4) is 0 Å². The number of rotatable bonds is 6. The molecular formula is C12H20N2O2S. The summed E-state index contributed by atoms with van der Waals surface area (Å²) in [5.74, 6) is 0.575. The van der Waals surface area contributed by atoms with Crippen LogP contribution in [0.2, 0.25) is 0 Å². The second kappa shape index (κ2) is 6.59. The van der Waals surface area contributed by atoms with Crippen LogP contribution >= 0.6 is 11.3 Å². The Morgan fingerprint density at radius 2 is 2.24 bits per heavy atom. The van der Waals surface area contributed by atoms with Crippen LogP contribution in [0.25, 0.3) is 0 Å². The summed E-state index contributed by atoms with van der Waals surface area (Å²) in [6.45, 7) is 6.99. The van der Waals surface area contributed by atoms with Gasteiger partial charge in [-0.3, -0.25) is 14.2 Å². The lowest BCUT2D eigenvalue weighted by Gasteiger charge is -2.07. The highest BCUT2D eigenvalue weighted by Crippen LogP contribution is 2.02. The number of thiazole rings is 1. The zero-order chi connectivity index (χ0) is 12.8. The van der Waals surface area contributed by atoms with Gasteiger partial charge in [-0.1, -0.05) is 25.2 Å². The van der Waals surface area contributed by atoms with Crippen molar-refractivity contribution >= 4 is 17.2 Å². The van der Waals surface area contributed by atoms with Crippen molar-refractivity contribution in [3.05, 3.63) is 20.7 Å². The molecule has 1 aromatic rings.